The first-order valence-corrected chi connectivity index (χ1v) is 11.1. The van der Waals surface area contributed by atoms with Crippen LogP contribution in [0.25, 0.3) is 10.4 Å². The van der Waals surface area contributed by atoms with Gasteiger partial charge in [-0.05, 0) is 69.2 Å². The van der Waals surface area contributed by atoms with Gasteiger partial charge in [-0.2, -0.15) is 0 Å². The van der Waals surface area contributed by atoms with Gasteiger partial charge in [-0.25, -0.2) is 4.79 Å². The van der Waals surface area contributed by atoms with E-state index in [0.717, 1.165) is 29.5 Å². The summed E-state index contributed by atoms with van der Waals surface area (Å²) in [7, 11) is 0. The third-order valence-corrected chi connectivity index (χ3v) is 5.96. The maximum absolute atomic E-state index is 12.6. The molecule has 0 unspecified atom stereocenters. The summed E-state index contributed by atoms with van der Waals surface area (Å²) in [6.45, 7) is 7.15. The second-order valence-corrected chi connectivity index (χ2v) is 9.33. The molecule has 170 valence electrons. The summed E-state index contributed by atoms with van der Waals surface area (Å²) in [6.07, 6.45) is 2.59. The molecule has 0 aliphatic carbocycles. The van der Waals surface area contributed by atoms with E-state index < -0.39 is 11.0 Å². The molecule has 0 aromatic heterocycles. The smallest absolute Gasteiger partial charge is 0.410 e. The van der Waals surface area contributed by atoms with Crippen molar-refractivity contribution in [3.8, 4) is 5.75 Å². The van der Waals surface area contributed by atoms with Crippen LogP contribution in [0.4, 0.5) is 4.79 Å². The van der Waals surface area contributed by atoms with Crippen molar-refractivity contribution in [3.63, 3.8) is 0 Å². The molecule has 32 heavy (non-hydrogen) atoms. The first-order chi connectivity index (χ1) is 15.2. The summed E-state index contributed by atoms with van der Waals surface area (Å²) in [5.74, 6) is 0.262. The number of ether oxygens (including phenoxy) is 1. The number of amides is 1. The predicted octanol–water partition coefficient (Wildman–Crippen LogP) is 5.95. The Bertz CT molecular complexity index is 970. The average Bonchev–Trinajstić information content (AvgIpc) is 2.77. The number of rotatable bonds is 6. The molecule has 2 aromatic rings. The van der Waals surface area contributed by atoms with E-state index in [-0.39, 0.29) is 11.8 Å². The second kappa shape index (κ2) is 9.96. The molecule has 0 atom stereocenters. The van der Waals surface area contributed by atoms with Crippen LogP contribution >= 0.6 is 0 Å². The highest BCUT2D eigenvalue weighted by molar-refractivity contribution is 5.68. The number of likely N-dealkylation sites (tertiary alicyclic amines) is 1. The maximum Gasteiger partial charge on any atom is 0.410 e. The zero-order valence-electron chi connectivity index (χ0n) is 19.1. The molecule has 1 heterocycles. The SMILES string of the molecule is CC(C)(C)OC(=O)N1CCC(c2ccccc2)(c2cc(CCCN=[N+]=[N-])ccc2O)CC1. The Balaban J connectivity index is 1.90. The van der Waals surface area contributed by atoms with Crippen LogP contribution in [-0.2, 0) is 16.6 Å². The third kappa shape index (κ3) is 5.54. The number of aryl methyl sites for hydroxylation is 1. The molecule has 1 N–H and O–H groups in total. The minimum Gasteiger partial charge on any atom is -0.508 e. The molecule has 1 amide bonds. The fourth-order valence-corrected chi connectivity index (χ4v) is 4.39. The lowest BCUT2D eigenvalue weighted by atomic mass is 9.67. The number of nitrogens with zero attached hydrogens (tertiary/aromatic N) is 4. The van der Waals surface area contributed by atoms with E-state index in [1.54, 1.807) is 11.0 Å². The van der Waals surface area contributed by atoms with Crippen molar-refractivity contribution < 1.29 is 14.6 Å². The van der Waals surface area contributed by atoms with E-state index in [0.29, 0.717) is 32.5 Å². The number of hydrogen-bond acceptors (Lipinski definition) is 4. The van der Waals surface area contributed by atoms with Crippen molar-refractivity contribution in [1.82, 2.24) is 4.90 Å². The molecular formula is C25H32N4O3. The van der Waals surface area contributed by atoms with Gasteiger partial charge >= 0.3 is 6.09 Å². The van der Waals surface area contributed by atoms with Gasteiger partial charge in [-0.3, -0.25) is 0 Å². The van der Waals surface area contributed by atoms with Crippen LogP contribution < -0.4 is 0 Å². The molecule has 3 rings (SSSR count). The molecule has 1 fully saturated rings. The number of piperidine rings is 1. The average molecular weight is 437 g/mol. The van der Waals surface area contributed by atoms with Gasteiger partial charge in [-0.1, -0.05) is 47.6 Å². The number of aromatic hydroxyl groups is 1. The first-order valence-electron chi connectivity index (χ1n) is 11.1. The van der Waals surface area contributed by atoms with Gasteiger partial charge in [0, 0.05) is 35.5 Å². The number of phenols is 1. The minimum absolute atomic E-state index is 0.262. The number of phenolic OH excluding ortho intramolecular Hbond substituents is 1. The largest absolute Gasteiger partial charge is 0.508 e. The van der Waals surface area contributed by atoms with Crippen molar-refractivity contribution >= 4 is 6.09 Å². The summed E-state index contributed by atoms with van der Waals surface area (Å²) in [5.41, 5.74) is 10.7. The molecule has 1 saturated heterocycles. The standard InChI is InChI=1S/C25H32N4O3/c1-24(2,3)32-23(31)29-16-13-25(14-17-29,20-9-5-4-6-10-20)21-18-19(11-12-22(21)30)8-7-15-27-28-26/h4-6,9-12,18,30H,7-8,13-17H2,1-3H3. The molecule has 7 nitrogen and oxygen atoms in total. The van der Waals surface area contributed by atoms with E-state index in [1.165, 1.54) is 0 Å². The topological polar surface area (TPSA) is 98.5 Å². The normalized spacial score (nSPS) is 15.7. The molecule has 0 radical (unpaired) electrons. The van der Waals surface area contributed by atoms with E-state index in [4.69, 9.17) is 10.3 Å². The zero-order chi connectivity index (χ0) is 23.2. The number of carbonyl (C=O) groups excluding carboxylic acids is 1. The molecule has 2 aromatic carbocycles. The summed E-state index contributed by atoms with van der Waals surface area (Å²) in [4.78, 5) is 17.2. The lowest BCUT2D eigenvalue weighted by Crippen LogP contribution is -2.47. The summed E-state index contributed by atoms with van der Waals surface area (Å²) in [5, 5.41) is 14.5. The lowest BCUT2D eigenvalue weighted by Gasteiger charge is -2.43. The minimum atomic E-state index is -0.534. The van der Waals surface area contributed by atoms with Gasteiger partial charge in [0.2, 0.25) is 0 Å². The fourth-order valence-electron chi connectivity index (χ4n) is 4.39. The van der Waals surface area contributed by atoms with Gasteiger partial charge in [0.15, 0.2) is 0 Å². The van der Waals surface area contributed by atoms with Crippen molar-refractivity contribution in [1.29, 1.82) is 0 Å². The Labute approximate surface area is 189 Å². The molecule has 0 spiro atoms. The van der Waals surface area contributed by atoms with Crippen LogP contribution in [0.5, 0.6) is 5.75 Å². The van der Waals surface area contributed by atoms with Crippen LogP contribution in [0.2, 0.25) is 0 Å². The van der Waals surface area contributed by atoms with Gasteiger partial charge in [0.25, 0.3) is 0 Å². The summed E-state index contributed by atoms with van der Waals surface area (Å²) in [6, 6.07) is 15.9. The highest BCUT2D eigenvalue weighted by Gasteiger charge is 2.41. The van der Waals surface area contributed by atoms with Crippen LogP contribution in [0.15, 0.2) is 53.6 Å². The van der Waals surface area contributed by atoms with Gasteiger partial charge in [0.05, 0.1) is 0 Å². The van der Waals surface area contributed by atoms with Crippen molar-refractivity contribution in [2.24, 2.45) is 5.11 Å². The second-order valence-electron chi connectivity index (χ2n) is 9.33. The van der Waals surface area contributed by atoms with E-state index in [9.17, 15) is 9.90 Å². The van der Waals surface area contributed by atoms with E-state index in [1.807, 2.05) is 45.0 Å². The molecular weight excluding hydrogens is 404 g/mol. The Morgan fingerprint density at radius 1 is 1.19 bits per heavy atom. The first kappa shape index (κ1) is 23.5. The van der Waals surface area contributed by atoms with E-state index >= 15 is 0 Å². The van der Waals surface area contributed by atoms with E-state index in [2.05, 4.69) is 28.2 Å². The molecule has 1 aliphatic heterocycles. The van der Waals surface area contributed by atoms with Crippen molar-refractivity contribution in [2.75, 3.05) is 19.6 Å². The molecule has 0 saturated carbocycles. The summed E-state index contributed by atoms with van der Waals surface area (Å²) < 4.78 is 5.57. The summed E-state index contributed by atoms with van der Waals surface area (Å²) >= 11 is 0. The molecule has 1 aliphatic rings. The third-order valence-electron chi connectivity index (χ3n) is 5.96. The maximum atomic E-state index is 12.6. The predicted molar refractivity (Wildman–Crippen MR) is 125 cm³/mol. The molecule has 7 heteroatoms. The van der Waals surface area contributed by atoms with Gasteiger partial charge in [0.1, 0.15) is 11.4 Å². The monoisotopic (exact) mass is 436 g/mol. The number of benzene rings is 2. The Morgan fingerprint density at radius 2 is 1.88 bits per heavy atom. The molecule has 0 bridgehead atoms. The van der Waals surface area contributed by atoms with Crippen LogP contribution in [0.1, 0.15) is 56.7 Å². The highest BCUT2D eigenvalue weighted by atomic mass is 16.6. The quantitative estimate of drug-likeness (QED) is 0.262. The Hall–Kier alpha value is -3.18. The van der Waals surface area contributed by atoms with Crippen LogP contribution in [0, 0.1) is 0 Å². The highest BCUT2D eigenvalue weighted by Crippen LogP contribution is 2.45. The van der Waals surface area contributed by atoms with Gasteiger partial charge in [-0.15, -0.1) is 0 Å². The van der Waals surface area contributed by atoms with Crippen LogP contribution in [0.3, 0.4) is 0 Å². The fraction of sp³-hybridized carbons (Fsp3) is 0.480. The number of carbonyl (C=O) groups is 1. The van der Waals surface area contributed by atoms with Crippen molar-refractivity contribution in [3.05, 3.63) is 75.7 Å². The Kier molecular flexibility index (Phi) is 7.31. The number of azide groups is 1. The Morgan fingerprint density at radius 3 is 2.50 bits per heavy atom. The van der Waals surface area contributed by atoms with Crippen molar-refractivity contribution in [2.45, 2.75) is 57.5 Å². The van der Waals surface area contributed by atoms with Gasteiger partial charge < -0.3 is 14.7 Å². The lowest BCUT2D eigenvalue weighted by molar-refractivity contribution is 0.0179. The van der Waals surface area contributed by atoms with Crippen LogP contribution in [-0.4, -0.2) is 41.3 Å². The number of hydrogen-bond donors (Lipinski definition) is 1. The zero-order valence-corrected chi connectivity index (χ0v) is 19.1.